The van der Waals surface area contributed by atoms with Crippen molar-refractivity contribution < 1.29 is 38.3 Å². The molecule has 0 unspecified atom stereocenters. The van der Waals surface area contributed by atoms with Gasteiger partial charge in [0, 0.05) is 56.5 Å². The Balaban J connectivity index is 1.02. The first-order chi connectivity index (χ1) is 19.2. The first-order valence-corrected chi connectivity index (χ1v) is 14.8. The first-order valence-electron chi connectivity index (χ1n) is 14.8. The highest BCUT2D eigenvalue weighted by Crippen LogP contribution is 2.60. The average molecular weight is 559 g/mol. The van der Waals surface area contributed by atoms with Crippen LogP contribution in [0.2, 0.25) is 0 Å². The predicted molar refractivity (Wildman–Crippen MR) is 144 cm³/mol. The number of hydrogen-bond acceptors (Lipinski definition) is 9. The van der Waals surface area contributed by atoms with Crippen LogP contribution in [0.3, 0.4) is 0 Å². The zero-order chi connectivity index (χ0) is 28.1. The highest BCUT2D eigenvalue weighted by atomic mass is 17.3. The SMILES string of the molecule is COc1ccc(N2CCN(C(=O)CCC(=O)O[C@@H]3O[C@@H]4O[C@@]5(C)CC[C@H]6[C@H](C)CC[C@H]([C@H]3C)[C@@]46OO5)CC2)cc1. The number of esters is 1. The number of anilines is 1. The summed E-state index contributed by atoms with van der Waals surface area (Å²) in [5.74, 6) is 0.183. The van der Waals surface area contributed by atoms with E-state index in [4.69, 9.17) is 28.7 Å². The molecular formula is C30H42N2O8. The number of ether oxygens (including phenoxy) is 4. The molecule has 10 heteroatoms. The Morgan fingerprint density at radius 2 is 1.73 bits per heavy atom. The van der Waals surface area contributed by atoms with Crippen LogP contribution >= 0.6 is 0 Å². The maximum absolute atomic E-state index is 12.9. The van der Waals surface area contributed by atoms with Gasteiger partial charge >= 0.3 is 5.97 Å². The molecule has 5 saturated heterocycles. The quantitative estimate of drug-likeness (QED) is 0.381. The Kier molecular flexibility index (Phi) is 7.48. The van der Waals surface area contributed by atoms with Crippen LogP contribution in [0.1, 0.15) is 59.3 Å². The molecule has 7 rings (SSSR count). The number of benzene rings is 1. The van der Waals surface area contributed by atoms with Crippen molar-refractivity contribution in [2.75, 3.05) is 38.2 Å². The molecule has 5 aliphatic heterocycles. The maximum atomic E-state index is 12.9. The highest BCUT2D eigenvalue weighted by Gasteiger charge is 2.69. The van der Waals surface area contributed by atoms with Gasteiger partial charge in [0.1, 0.15) is 5.75 Å². The molecule has 1 amide bonds. The molecule has 0 aromatic heterocycles. The maximum Gasteiger partial charge on any atom is 0.308 e. The second-order valence-electron chi connectivity index (χ2n) is 12.3. The summed E-state index contributed by atoms with van der Waals surface area (Å²) < 4.78 is 23.8. The highest BCUT2D eigenvalue weighted by molar-refractivity contribution is 5.81. The van der Waals surface area contributed by atoms with Gasteiger partial charge in [-0.3, -0.25) is 9.59 Å². The van der Waals surface area contributed by atoms with E-state index < -0.39 is 29.9 Å². The van der Waals surface area contributed by atoms with Gasteiger partial charge in [-0.2, -0.15) is 0 Å². The van der Waals surface area contributed by atoms with Crippen LogP contribution in [0.4, 0.5) is 5.69 Å². The number of nitrogens with zero attached hydrogens (tertiary/aromatic N) is 2. The van der Waals surface area contributed by atoms with Gasteiger partial charge in [0.2, 0.25) is 18.0 Å². The standard InChI is InChI=1S/C30H42N2O8/c1-19-5-10-24-20(2)27(37-28-30(24)23(19)13-14-29(3,38-28)39-40-30)36-26(34)12-11-25(33)32-17-15-31(16-18-32)21-6-8-22(35-4)9-7-21/h6-9,19-20,23-24,27-28H,5,10-18H2,1-4H3/t19-,20-,23+,24-,27-,28-,29-,30-/m1/s1. The van der Waals surface area contributed by atoms with Crippen molar-refractivity contribution in [1.82, 2.24) is 4.90 Å². The number of hydrogen-bond donors (Lipinski definition) is 0. The summed E-state index contributed by atoms with van der Waals surface area (Å²) in [4.78, 5) is 41.9. The molecule has 8 atom stereocenters. The number of piperazine rings is 1. The number of methoxy groups -OCH3 is 1. The largest absolute Gasteiger partial charge is 0.497 e. The lowest BCUT2D eigenvalue weighted by Crippen LogP contribution is -2.70. The molecule has 0 N–H and O–H groups in total. The summed E-state index contributed by atoms with van der Waals surface area (Å²) in [5, 5.41) is 0. The third-order valence-corrected chi connectivity index (χ3v) is 9.96. The smallest absolute Gasteiger partial charge is 0.308 e. The number of amides is 1. The van der Waals surface area contributed by atoms with E-state index in [1.165, 1.54) is 0 Å². The Labute approximate surface area is 236 Å². The van der Waals surface area contributed by atoms with Crippen LogP contribution in [-0.4, -0.2) is 74.0 Å². The van der Waals surface area contributed by atoms with Crippen LogP contribution < -0.4 is 9.64 Å². The minimum Gasteiger partial charge on any atom is -0.497 e. The second kappa shape index (κ2) is 10.8. The molecule has 6 fully saturated rings. The van der Waals surface area contributed by atoms with E-state index in [0.717, 1.165) is 50.2 Å². The minimum absolute atomic E-state index is 0.0163. The van der Waals surface area contributed by atoms with Crippen LogP contribution in [0.15, 0.2) is 24.3 Å². The molecule has 40 heavy (non-hydrogen) atoms. The zero-order valence-electron chi connectivity index (χ0n) is 24.0. The molecule has 1 aromatic rings. The molecule has 220 valence electrons. The molecule has 0 radical (unpaired) electrons. The molecule has 5 heterocycles. The van der Waals surface area contributed by atoms with E-state index in [0.29, 0.717) is 19.0 Å². The monoisotopic (exact) mass is 558 g/mol. The first kappa shape index (κ1) is 27.8. The van der Waals surface area contributed by atoms with Crippen molar-refractivity contribution in [1.29, 1.82) is 0 Å². The molecular weight excluding hydrogens is 516 g/mol. The van der Waals surface area contributed by atoms with Gasteiger partial charge in [-0.1, -0.05) is 13.8 Å². The fraction of sp³-hybridized carbons (Fsp3) is 0.733. The van der Waals surface area contributed by atoms with Gasteiger partial charge in [0.15, 0.2) is 11.9 Å². The topological polar surface area (TPSA) is 96.0 Å². The molecule has 1 spiro atoms. The Morgan fingerprint density at radius 3 is 2.45 bits per heavy atom. The van der Waals surface area contributed by atoms with Crippen molar-refractivity contribution in [3.05, 3.63) is 24.3 Å². The van der Waals surface area contributed by atoms with Gasteiger partial charge in [-0.05, 0) is 62.3 Å². The van der Waals surface area contributed by atoms with E-state index in [-0.39, 0.29) is 36.5 Å². The molecule has 1 aliphatic carbocycles. The van der Waals surface area contributed by atoms with Gasteiger partial charge in [0.05, 0.1) is 13.5 Å². The number of carbonyl (C=O) groups excluding carboxylic acids is 2. The van der Waals surface area contributed by atoms with Crippen LogP contribution in [-0.2, 0) is 33.6 Å². The second-order valence-corrected chi connectivity index (χ2v) is 12.3. The summed E-state index contributed by atoms with van der Waals surface area (Å²) >= 11 is 0. The summed E-state index contributed by atoms with van der Waals surface area (Å²) in [7, 11) is 1.65. The Hall–Kier alpha value is -2.40. The van der Waals surface area contributed by atoms with Crippen LogP contribution in [0.25, 0.3) is 0 Å². The third kappa shape index (κ3) is 4.86. The van der Waals surface area contributed by atoms with Crippen molar-refractivity contribution in [2.24, 2.45) is 23.7 Å². The van der Waals surface area contributed by atoms with Gasteiger partial charge in [-0.25, -0.2) is 9.78 Å². The number of fused-ring (bicyclic) bond motifs is 2. The average Bonchev–Trinajstić information content (AvgIpc) is 3.20. The summed E-state index contributed by atoms with van der Waals surface area (Å²) in [6.45, 7) is 8.91. The molecule has 1 saturated carbocycles. The van der Waals surface area contributed by atoms with Gasteiger partial charge < -0.3 is 28.7 Å². The molecule has 6 aliphatic rings. The molecule has 10 nitrogen and oxygen atoms in total. The summed E-state index contributed by atoms with van der Waals surface area (Å²) in [5.41, 5.74) is 0.412. The van der Waals surface area contributed by atoms with E-state index in [1.54, 1.807) is 7.11 Å². The normalized spacial score (nSPS) is 38.8. The predicted octanol–water partition coefficient (Wildman–Crippen LogP) is 3.88. The summed E-state index contributed by atoms with van der Waals surface area (Å²) in [6.07, 6.45) is 2.40. The Bertz CT molecular complexity index is 1090. The van der Waals surface area contributed by atoms with E-state index in [1.807, 2.05) is 36.1 Å². The van der Waals surface area contributed by atoms with Crippen molar-refractivity contribution in [3.63, 3.8) is 0 Å². The zero-order valence-corrected chi connectivity index (χ0v) is 24.0. The van der Waals surface area contributed by atoms with Crippen LogP contribution in [0, 0.1) is 23.7 Å². The lowest BCUT2D eigenvalue weighted by molar-refractivity contribution is -0.576. The fourth-order valence-electron chi connectivity index (χ4n) is 7.57. The lowest BCUT2D eigenvalue weighted by Gasteiger charge is -2.59. The number of carbonyl (C=O) groups is 2. The van der Waals surface area contributed by atoms with E-state index >= 15 is 0 Å². The molecule has 1 aromatic carbocycles. The van der Waals surface area contributed by atoms with E-state index in [9.17, 15) is 9.59 Å². The Morgan fingerprint density at radius 1 is 0.975 bits per heavy atom. The minimum atomic E-state index is -0.878. The van der Waals surface area contributed by atoms with Crippen LogP contribution in [0.5, 0.6) is 5.75 Å². The fourth-order valence-corrected chi connectivity index (χ4v) is 7.57. The van der Waals surface area contributed by atoms with Crippen molar-refractivity contribution >= 4 is 17.6 Å². The molecule has 2 bridgehead atoms. The summed E-state index contributed by atoms with van der Waals surface area (Å²) in [6, 6.07) is 7.94. The van der Waals surface area contributed by atoms with Crippen molar-refractivity contribution in [3.8, 4) is 5.75 Å². The van der Waals surface area contributed by atoms with Gasteiger partial charge in [0.25, 0.3) is 0 Å². The van der Waals surface area contributed by atoms with Gasteiger partial charge in [-0.15, -0.1) is 0 Å². The van der Waals surface area contributed by atoms with E-state index in [2.05, 4.69) is 18.7 Å². The third-order valence-electron chi connectivity index (χ3n) is 9.96. The lowest BCUT2D eigenvalue weighted by atomic mass is 9.58. The van der Waals surface area contributed by atoms with Crippen molar-refractivity contribution in [2.45, 2.75) is 83.3 Å². The number of rotatable bonds is 6.